The molecule has 1 aromatic rings. The van der Waals surface area contributed by atoms with Gasteiger partial charge in [-0.3, -0.25) is 9.59 Å². The van der Waals surface area contributed by atoms with Crippen molar-refractivity contribution in [2.24, 2.45) is 11.8 Å². The van der Waals surface area contributed by atoms with Crippen LogP contribution >= 0.6 is 0 Å². The number of carbonyl (C=O) groups excluding carboxylic acids is 2. The molecule has 6 heteroatoms. The number of aliphatic hydroxyl groups excluding tert-OH is 1. The van der Waals surface area contributed by atoms with Crippen molar-refractivity contribution >= 4 is 11.9 Å². The quantitative estimate of drug-likeness (QED) is 0.830. The van der Waals surface area contributed by atoms with Crippen molar-refractivity contribution in [3.8, 4) is 5.75 Å². The zero-order chi connectivity index (χ0) is 17.0. The van der Waals surface area contributed by atoms with Crippen molar-refractivity contribution < 1.29 is 28.9 Å². The third kappa shape index (κ3) is 3.47. The van der Waals surface area contributed by atoms with Crippen molar-refractivity contribution in [3.63, 3.8) is 0 Å². The molecule has 0 aliphatic heterocycles. The number of aliphatic hydroxyl groups is 1. The number of methoxy groups -OCH3 is 1. The first-order valence-corrected chi connectivity index (χ1v) is 7.71. The van der Waals surface area contributed by atoms with Crippen LogP contribution in [0.3, 0.4) is 0 Å². The smallest absolute Gasteiger partial charge is 0.312 e. The van der Waals surface area contributed by atoms with Crippen LogP contribution in [0.4, 0.5) is 0 Å². The highest BCUT2D eigenvalue weighted by molar-refractivity contribution is 5.84. The number of hydrogen-bond acceptors (Lipinski definition) is 6. The van der Waals surface area contributed by atoms with Gasteiger partial charge in [-0.2, -0.15) is 0 Å². The SMILES string of the molecule is CCOC(=O)[C@@H]1[C@H](O)c2ccc(OC)cc2C[C@H]1C(=O)OCC. The third-order valence-electron chi connectivity index (χ3n) is 4.03. The van der Waals surface area contributed by atoms with E-state index in [9.17, 15) is 14.7 Å². The first-order valence-electron chi connectivity index (χ1n) is 7.71. The molecule has 0 amide bonds. The Kier molecular flexibility index (Phi) is 5.60. The number of benzene rings is 1. The van der Waals surface area contributed by atoms with Crippen molar-refractivity contribution in [2.75, 3.05) is 20.3 Å². The molecule has 1 aliphatic carbocycles. The first-order chi connectivity index (χ1) is 11.0. The van der Waals surface area contributed by atoms with Crippen LogP contribution in [0, 0.1) is 11.8 Å². The zero-order valence-electron chi connectivity index (χ0n) is 13.6. The van der Waals surface area contributed by atoms with Gasteiger partial charge in [-0.05, 0) is 43.5 Å². The monoisotopic (exact) mass is 322 g/mol. The summed E-state index contributed by atoms with van der Waals surface area (Å²) in [6, 6.07) is 5.20. The molecule has 0 fully saturated rings. The number of hydrogen-bond donors (Lipinski definition) is 1. The molecular weight excluding hydrogens is 300 g/mol. The standard InChI is InChI=1S/C17H22O6/c1-4-22-16(19)13-9-10-8-11(21-3)6-7-12(10)15(18)14(13)17(20)23-5-2/h6-8,13-15,18H,4-5,9H2,1-3H3/t13-,14+,15-/m1/s1. The predicted octanol–water partition coefficient (Wildman–Crippen LogP) is 1.64. The Morgan fingerprint density at radius 3 is 2.43 bits per heavy atom. The summed E-state index contributed by atoms with van der Waals surface area (Å²) in [4.78, 5) is 24.5. The van der Waals surface area contributed by atoms with E-state index in [1.54, 1.807) is 39.2 Å². The lowest BCUT2D eigenvalue weighted by molar-refractivity contribution is -0.166. The van der Waals surface area contributed by atoms with Gasteiger partial charge in [0.1, 0.15) is 11.7 Å². The fraction of sp³-hybridized carbons (Fsp3) is 0.529. The predicted molar refractivity (Wildman–Crippen MR) is 81.9 cm³/mol. The van der Waals surface area contributed by atoms with E-state index in [4.69, 9.17) is 14.2 Å². The van der Waals surface area contributed by atoms with Crippen LogP contribution in [0.5, 0.6) is 5.75 Å². The summed E-state index contributed by atoms with van der Waals surface area (Å²) in [6.07, 6.45) is -0.815. The van der Waals surface area contributed by atoms with Gasteiger partial charge in [0, 0.05) is 0 Å². The molecular formula is C17H22O6. The molecule has 1 aliphatic rings. The molecule has 0 heterocycles. The highest BCUT2D eigenvalue weighted by atomic mass is 16.5. The molecule has 0 spiro atoms. The fourth-order valence-corrected chi connectivity index (χ4v) is 2.96. The maximum Gasteiger partial charge on any atom is 0.312 e. The van der Waals surface area contributed by atoms with Gasteiger partial charge in [0.2, 0.25) is 0 Å². The van der Waals surface area contributed by atoms with Crippen LogP contribution < -0.4 is 4.74 Å². The second-order valence-electron chi connectivity index (χ2n) is 5.35. The Balaban J connectivity index is 2.41. The van der Waals surface area contributed by atoms with Gasteiger partial charge in [-0.15, -0.1) is 0 Å². The Hall–Kier alpha value is -2.08. The molecule has 23 heavy (non-hydrogen) atoms. The molecule has 2 rings (SSSR count). The number of rotatable bonds is 5. The van der Waals surface area contributed by atoms with Crippen LogP contribution in [0.25, 0.3) is 0 Å². The van der Waals surface area contributed by atoms with Crippen LogP contribution in [0.2, 0.25) is 0 Å². The average molecular weight is 322 g/mol. The molecule has 6 nitrogen and oxygen atoms in total. The lowest BCUT2D eigenvalue weighted by Gasteiger charge is -2.34. The molecule has 0 saturated carbocycles. The number of fused-ring (bicyclic) bond motifs is 1. The molecule has 0 radical (unpaired) electrons. The van der Waals surface area contributed by atoms with Crippen LogP contribution in [-0.2, 0) is 25.5 Å². The van der Waals surface area contributed by atoms with Crippen LogP contribution in [0.1, 0.15) is 31.1 Å². The normalized spacial score (nSPS) is 22.9. The summed E-state index contributed by atoms with van der Waals surface area (Å²) in [6.45, 7) is 3.79. The lowest BCUT2D eigenvalue weighted by atomic mass is 9.73. The molecule has 0 aromatic heterocycles. The zero-order valence-corrected chi connectivity index (χ0v) is 13.6. The molecule has 1 N–H and O–H groups in total. The molecule has 126 valence electrons. The fourth-order valence-electron chi connectivity index (χ4n) is 2.96. The van der Waals surface area contributed by atoms with Gasteiger partial charge in [0.25, 0.3) is 0 Å². The summed E-state index contributed by atoms with van der Waals surface area (Å²) in [5.74, 6) is -2.19. The second kappa shape index (κ2) is 7.46. The summed E-state index contributed by atoms with van der Waals surface area (Å²) in [7, 11) is 1.55. The number of ether oxygens (including phenoxy) is 3. The van der Waals surface area contributed by atoms with E-state index in [1.165, 1.54) is 0 Å². The Labute approximate surface area is 135 Å². The molecule has 1 aromatic carbocycles. The van der Waals surface area contributed by atoms with E-state index in [0.717, 1.165) is 5.56 Å². The van der Waals surface area contributed by atoms with Crippen molar-refractivity contribution in [3.05, 3.63) is 29.3 Å². The summed E-state index contributed by atoms with van der Waals surface area (Å²) >= 11 is 0. The number of esters is 2. The summed E-state index contributed by atoms with van der Waals surface area (Å²) in [5.41, 5.74) is 1.39. The Bertz CT molecular complexity index is 582. The minimum Gasteiger partial charge on any atom is -0.497 e. The lowest BCUT2D eigenvalue weighted by Crippen LogP contribution is -2.41. The van der Waals surface area contributed by atoms with E-state index in [0.29, 0.717) is 17.7 Å². The molecule has 0 unspecified atom stereocenters. The summed E-state index contributed by atoms with van der Waals surface area (Å²) in [5, 5.41) is 10.6. The van der Waals surface area contributed by atoms with Crippen molar-refractivity contribution in [1.29, 1.82) is 0 Å². The Morgan fingerprint density at radius 1 is 1.17 bits per heavy atom. The molecule has 0 saturated heterocycles. The number of carbonyl (C=O) groups is 2. The van der Waals surface area contributed by atoms with E-state index in [1.807, 2.05) is 0 Å². The van der Waals surface area contributed by atoms with Gasteiger partial charge < -0.3 is 19.3 Å². The minimum absolute atomic E-state index is 0.188. The average Bonchev–Trinajstić information content (AvgIpc) is 2.54. The Morgan fingerprint density at radius 2 is 1.83 bits per heavy atom. The third-order valence-corrected chi connectivity index (χ3v) is 4.03. The second-order valence-corrected chi connectivity index (χ2v) is 5.35. The topological polar surface area (TPSA) is 82.1 Å². The van der Waals surface area contributed by atoms with Crippen molar-refractivity contribution in [2.45, 2.75) is 26.4 Å². The molecule has 3 atom stereocenters. The van der Waals surface area contributed by atoms with Gasteiger partial charge in [-0.1, -0.05) is 6.07 Å². The van der Waals surface area contributed by atoms with E-state index < -0.39 is 29.9 Å². The molecule has 0 bridgehead atoms. The van der Waals surface area contributed by atoms with Gasteiger partial charge in [0.05, 0.1) is 32.3 Å². The van der Waals surface area contributed by atoms with Gasteiger partial charge in [0.15, 0.2) is 0 Å². The first kappa shape index (κ1) is 17.3. The highest BCUT2D eigenvalue weighted by Gasteiger charge is 2.45. The maximum atomic E-state index is 12.3. The van der Waals surface area contributed by atoms with E-state index >= 15 is 0 Å². The largest absolute Gasteiger partial charge is 0.497 e. The highest BCUT2D eigenvalue weighted by Crippen LogP contribution is 2.40. The van der Waals surface area contributed by atoms with Crippen molar-refractivity contribution in [1.82, 2.24) is 0 Å². The van der Waals surface area contributed by atoms with E-state index in [-0.39, 0.29) is 13.2 Å². The van der Waals surface area contributed by atoms with Crippen LogP contribution in [0.15, 0.2) is 18.2 Å². The maximum absolute atomic E-state index is 12.3. The van der Waals surface area contributed by atoms with Crippen LogP contribution in [-0.4, -0.2) is 37.4 Å². The minimum atomic E-state index is -1.11. The summed E-state index contributed by atoms with van der Waals surface area (Å²) < 4.78 is 15.3. The van der Waals surface area contributed by atoms with E-state index in [2.05, 4.69) is 0 Å². The van der Waals surface area contributed by atoms with Gasteiger partial charge >= 0.3 is 11.9 Å². The van der Waals surface area contributed by atoms with Gasteiger partial charge in [-0.25, -0.2) is 0 Å².